The summed E-state index contributed by atoms with van der Waals surface area (Å²) in [6, 6.07) is 16.7. The molecule has 0 fully saturated rings. The number of methoxy groups -OCH3 is 2. The van der Waals surface area contributed by atoms with E-state index in [9.17, 15) is 4.79 Å². The number of carbonyl (C=O) groups is 1. The van der Waals surface area contributed by atoms with E-state index in [2.05, 4.69) is 10.3 Å². The van der Waals surface area contributed by atoms with Crippen molar-refractivity contribution < 1.29 is 14.3 Å². The Morgan fingerprint density at radius 3 is 2.48 bits per heavy atom. The van der Waals surface area contributed by atoms with Gasteiger partial charge in [-0.25, -0.2) is 4.99 Å². The van der Waals surface area contributed by atoms with Crippen LogP contribution in [0.1, 0.15) is 28.9 Å². The van der Waals surface area contributed by atoms with Crippen LogP contribution in [0.3, 0.4) is 0 Å². The van der Waals surface area contributed by atoms with Crippen molar-refractivity contribution in [2.24, 2.45) is 4.99 Å². The quantitative estimate of drug-likeness (QED) is 0.697. The fourth-order valence-corrected chi connectivity index (χ4v) is 2.05. The number of amides is 1. The van der Waals surface area contributed by atoms with Gasteiger partial charge in [-0.1, -0.05) is 36.4 Å². The Kier molecular flexibility index (Phi) is 5.74. The molecule has 1 amide bonds. The number of hydrogen-bond donors (Lipinski definition) is 1. The van der Waals surface area contributed by atoms with Crippen LogP contribution in [0.15, 0.2) is 59.6 Å². The predicted molar refractivity (Wildman–Crippen MR) is 89.8 cm³/mol. The summed E-state index contributed by atoms with van der Waals surface area (Å²) >= 11 is 0. The van der Waals surface area contributed by atoms with Crippen molar-refractivity contribution in [3.8, 4) is 5.75 Å². The van der Waals surface area contributed by atoms with Gasteiger partial charge in [0.25, 0.3) is 11.9 Å². The van der Waals surface area contributed by atoms with E-state index in [0.717, 1.165) is 5.56 Å². The molecule has 0 radical (unpaired) electrons. The van der Waals surface area contributed by atoms with E-state index < -0.39 is 0 Å². The molecule has 120 valence electrons. The molecule has 0 aliphatic carbocycles. The summed E-state index contributed by atoms with van der Waals surface area (Å²) in [6.07, 6.45) is 0. The number of rotatable bonds is 4. The van der Waals surface area contributed by atoms with Gasteiger partial charge >= 0.3 is 0 Å². The molecule has 1 N–H and O–H groups in total. The van der Waals surface area contributed by atoms with Gasteiger partial charge in [0, 0.05) is 5.56 Å². The summed E-state index contributed by atoms with van der Waals surface area (Å²) in [7, 11) is 3.03. The van der Waals surface area contributed by atoms with Crippen LogP contribution >= 0.6 is 0 Å². The third-order valence-corrected chi connectivity index (χ3v) is 3.34. The van der Waals surface area contributed by atoms with Crippen LogP contribution in [0.5, 0.6) is 5.75 Å². The molecule has 0 aromatic heterocycles. The Morgan fingerprint density at radius 2 is 1.83 bits per heavy atom. The first-order chi connectivity index (χ1) is 11.1. The van der Waals surface area contributed by atoms with Crippen molar-refractivity contribution >= 4 is 11.9 Å². The molecule has 0 spiro atoms. The first kappa shape index (κ1) is 16.5. The normalized spacial score (nSPS) is 12.4. The van der Waals surface area contributed by atoms with E-state index in [1.165, 1.54) is 7.11 Å². The molecule has 0 unspecified atom stereocenters. The van der Waals surface area contributed by atoms with Gasteiger partial charge in [0.05, 0.1) is 20.3 Å². The zero-order valence-electron chi connectivity index (χ0n) is 13.4. The highest BCUT2D eigenvalue weighted by atomic mass is 16.5. The van der Waals surface area contributed by atoms with Crippen LogP contribution in [-0.4, -0.2) is 26.1 Å². The lowest BCUT2D eigenvalue weighted by molar-refractivity contribution is 0.0968. The predicted octanol–water partition coefficient (Wildman–Crippen LogP) is 3.19. The molecule has 2 aromatic carbocycles. The number of hydrogen-bond acceptors (Lipinski definition) is 4. The molecule has 0 saturated heterocycles. The Balaban J connectivity index is 2.12. The molecule has 5 heteroatoms. The van der Waals surface area contributed by atoms with E-state index in [1.807, 2.05) is 37.3 Å². The van der Waals surface area contributed by atoms with Gasteiger partial charge in [-0.3, -0.25) is 10.1 Å². The minimum absolute atomic E-state index is 0.128. The lowest BCUT2D eigenvalue weighted by Crippen LogP contribution is -2.32. The molecule has 2 rings (SSSR count). The fraction of sp³-hybridized carbons (Fsp3) is 0.222. The summed E-state index contributed by atoms with van der Waals surface area (Å²) in [5, 5.41) is 2.67. The minimum Gasteiger partial charge on any atom is -0.497 e. The van der Waals surface area contributed by atoms with Crippen LogP contribution in [0.4, 0.5) is 0 Å². The van der Waals surface area contributed by atoms with Gasteiger partial charge in [0.15, 0.2) is 0 Å². The van der Waals surface area contributed by atoms with Gasteiger partial charge in [-0.15, -0.1) is 0 Å². The van der Waals surface area contributed by atoms with E-state index >= 15 is 0 Å². The number of amidine groups is 1. The van der Waals surface area contributed by atoms with Crippen molar-refractivity contribution in [1.82, 2.24) is 5.32 Å². The number of nitrogens with zero attached hydrogens (tertiary/aromatic N) is 1. The van der Waals surface area contributed by atoms with Crippen LogP contribution in [-0.2, 0) is 4.74 Å². The molecule has 2 aromatic rings. The third-order valence-electron chi connectivity index (χ3n) is 3.34. The maximum absolute atomic E-state index is 12.3. The van der Waals surface area contributed by atoms with Crippen molar-refractivity contribution in [3.63, 3.8) is 0 Å². The Hall–Kier alpha value is -2.82. The monoisotopic (exact) mass is 312 g/mol. The zero-order chi connectivity index (χ0) is 16.7. The van der Waals surface area contributed by atoms with Crippen molar-refractivity contribution in [2.45, 2.75) is 13.0 Å². The largest absolute Gasteiger partial charge is 0.497 e. The van der Waals surface area contributed by atoms with E-state index in [0.29, 0.717) is 11.3 Å². The molecule has 0 heterocycles. The topological polar surface area (TPSA) is 59.9 Å². The SMILES string of the molecule is COC(=N[C@@H](C)c1ccccc1)NC(=O)c1cccc(OC)c1. The van der Waals surface area contributed by atoms with Gasteiger partial charge in [-0.05, 0) is 30.7 Å². The second-order valence-corrected chi connectivity index (χ2v) is 4.91. The highest BCUT2D eigenvalue weighted by Gasteiger charge is 2.12. The Bertz CT molecular complexity index is 684. The van der Waals surface area contributed by atoms with Crippen LogP contribution in [0, 0.1) is 0 Å². The first-order valence-corrected chi connectivity index (χ1v) is 7.26. The summed E-state index contributed by atoms with van der Waals surface area (Å²) < 4.78 is 10.3. The average molecular weight is 312 g/mol. The van der Waals surface area contributed by atoms with Gasteiger partial charge in [0.2, 0.25) is 0 Å². The van der Waals surface area contributed by atoms with Gasteiger partial charge < -0.3 is 9.47 Å². The average Bonchev–Trinajstić information content (AvgIpc) is 2.61. The smallest absolute Gasteiger partial charge is 0.292 e. The Morgan fingerprint density at radius 1 is 1.09 bits per heavy atom. The summed E-state index contributed by atoms with van der Waals surface area (Å²) in [6.45, 7) is 1.94. The van der Waals surface area contributed by atoms with Crippen LogP contribution in [0.25, 0.3) is 0 Å². The molecular weight excluding hydrogens is 292 g/mol. The van der Waals surface area contributed by atoms with Crippen LogP contribution < -0.4 is 10.1 Å². The van der Waals surface area contributed by atoms with Crippen molar-refractivity contribution in [1.29, 1.82) is 0 Å². The summed E-state index contributed by atoms with van der Waals surface area (Å²) in [5.41, 5.74) is 1.51. The molecule has 1 atom stereocenters. The highest BCUT2D eigenvalue weighted by Crippen LogP contribution is 2.16. The van der Waals surface area contributed by atoms with Crippen molar-refractivity contribution in [3.05, 3.63) is 65.7 Å². The van der Waals surface area contributed by atoms with Gasteiger partial charge in [0.1, 0.15) is 5.75 Å². The molecule has 0 aliphatic heterocycles. The number of benzene rings is 2. The lowest BCUT2D eigenvalue weighted by atomic mass is 10.1. The first-order valence-electron chi connectivity index (χ1n) is 7.26. The molecule has 0 bridgehead atoms. The third kappa shape index (κ3) is 4.57. The fourth-order valence-electron chi connectivity index (χ4n) is 2.05. The summed E-state index contributed by atoms with van der Waals surface area (Å²) in [4.78, 5) is 16.7. The number of aliphatic imine (C=N–C) groups is 1. The molecule has 0 saturated carbocycles. The zero-order valence-corrected chi connectivity index (χ0v) is 13.4. The number of nitrogens with one attached hydrogen (secondary N) is 1. The lowest BCUT2D eigenvalue weighted by Gasteiger charge is -2.12. The van der Waals surface area contributed by atoms with Crippen LogP contribution in [0.2, 0.25) is 0 Å². The second-order valence-electron chi connectivity index (χ2n) is 4.91. The molecule has 0 aliphatic rings. The maximum atomic E-state index is 12.3. The Labute approximate surface area is 136 Å². The second kappa shape index (κ2) is 7.98. The highest BCUT2D eigenvalue weighted by molar-refractivity contribution is 6.04. The number of carbonyl (C=O) groups excluding carboxylic acids is 1. The molecular formula is C18H20N2O3. The van der Waals surface area contributed by atoms with Gasteiger partial charge in [-0.2, -0.15) is 0 Å². The summed E-state index contributed by atoms with van der Waals surface area (Å²) in [5.74, 6) is 0.316. The standard InChI is InChI=1S/C18H20N2O3/c1-13(14-8-5-4-6-9-14)19-18(23-3)20-17(21)15-10-7-11-16(12-15)22-2/h4-13H,1-3H3,(H,19,20,21)/t13-/m0/s1. The van der Waals surface area contributed by atoms with Crippen molar-refractivity contribution in [2.75, 3.05) is 14.2 Å². The number of ether oxygens (including phenoxy) is 2. The molecule has 5 nitrogen and oxygen atoms in total. The molecule has 23 heavy (non-hydrogen) atoms. The van der Waals surface area contributed by atoms with E-state index in [1.54, 1.807) is 31.4 Å². The van der Waals surface area contributed by atoms with E-state index in [4.69, 9.17) is 9.47 Å². The maximum Gasteiger partial charge on any atom is 0.292 e. The van der Waals surface area contributed by atoms with E-state index in [-0.39, 0.29) is 18.0 Å². The minimum atomic E-state index is -0.301.